The lowest BCUT2D eigenvalue weighted by Gasteiger charge is -2.04. The molecule has 92 valence electrons. The van der Waals surface area contributed by atoms with Gasteiger partial charge in [-0.05, 0) is 6.92 Å². The Morgan fingerprint density at radius 2 is 2.00 bits per heavy atom. The monoisotopic (exact) mass is 250 g/mol. The maximum Gasteiger partial charge on any atom is 0.330 e. The van der Waals surface area contributed by atoms with Gasteiger partial charge in [0.25, 0.3) is 0 Å². The lowest BCUT2D eigenvalue weighted by atomic mass is 10.4. The number of aliphatic hydroxyl groups is 1. The molecule has 0 aromatic rings. The number of hydrogen-bond donors (Lipinski definition) is 2. The number of carbonyl (C=O) groups excluding carboxylic acids is 1. The number of carboxylic acid groups (broad SMARTS) is 1. The standard InChI is InChI=1S/C6H9ClO3.C4H6O2/c1-2-6(9)10-4-5(8)3-7;1-3(2)4(5)6/h2,5,8H,1,3-4H2;1H2,2H3,(H,5,6). The molecule has 0 saturated carbocycles. The van der Waals surface area contributed by atoms with E-state index in [0.717, 1.165) is 6.08 Å². The van der Waals surface area contributed by atoms with Crippen LogP contribution in [0, 0.1) is 0 Å². The van der Waals surface area contributed by atoms with E-state index in [1.807, 2.05) is 0 Å². The second kappa shape index (κ2) is 10.2. The summed E-state index contributed by atoms with van der Waals surface area (Å²) in [6, 6.07) is 0. The fourth-order valence-electron chi connectivity index (χ4n) is 0.282. The first-order valence-electron chi connectivity index (χ1n) is 4.27. The van der Waals surface area contributed by atoms with E-state index in [4.69, 9.17) is 21.8 Å². The molecule has 0 amide bonds. The summed E-state index contributed by atoms with van der Waals surface area (Å²) in [5.74, 6) is -1.43. The number of aliphatic carboxylic acids is 1. The Labute approximate surface area is 99.0 Å². The lowest BCUT2D eigenvalue weighted by molar-refractivity contribution is -0.140. The van der Waals surface area contributed by atoms with Crippen LogP contribution in [-0.2, 0) is 14.3 Å². The van der Waals surface area contributed by atoms with Crippen molar-refractivity contribution < 1.29 is 24.5 Å². The van der Waals surface area contributed by atoms with Gasteiger partial charge in [-0.15, -0.1) is 11.6 Å². The summed E-state index contributed by atoms with van der Waals surface area (Å²) >= 11 is 5.21. The highest BCUT2D eigenvalue weighted by molar-refractivity contribution is 6.18. The molecule has 0 fully saturated rings. The van der Waals surface area contributed by atoms with Gasteiger partial charge in [0.05, 0.1) is 5.88 Å². The molecule has 0 saturated heterocycles. The van der Waals surface area contributed by atoms with Gasteiger partial charge in [-0.2, -0.15) is 0 Å². The third kappa shape index (κ3) is 12.7. The van der Waals surface area contributed by atoms with Crippen LogP contribution in [0.25, 0.3) is 0 Å². The Balaban J connectivity index is 0. The van der Waals surface area contributed by atoms with E-state index in [1.165, 1.54) is 6.92 Å². The molecule has 0 aliphatic heterocycles. The summed E-state index contributed by atoms with van der Waals surface area (Å²) < 4.78 is 4.45. The minimum atomic E-state index is -0.935. The molecule has 1 atom stereocenters. The molecule has 0 aliphatic rings. The van der Waals surface area contributed by atoms with Crippen LogP contribution in [0.3, 0.4) is 0 Å². The molecule has 6 heteroatoms. The maximum atomic E-state index is 10.3. The fraction of sp³-hybridized carbons (Fsp3) is 0.400. The first-order chi connectivity index (χ1) is 7.34. The van der Waals surface area contributed by atoms with Crippen molar-refractivity contribution in [2.24, 2.45) is 0 Å². The molecule has 0 aromatic heterocycles. The van der Waals surface area contributed by atoms with Crippen molar-refractivity contribution in [1.82, 2.24) is 0 Å². The van der Waals surface area contributed by atoms with E-state index in [-0.39, 0.29) is 18.1 Å². The van der Waals surface area contributed by atoms with Gasteiger partial charge in [0.15, 0.2) is 0 Å². The molecule has 0 aromatic carbocycles. The van der Waals surface area contributed by atoms with Crippen molar-refractivity contribution in [1.29, 1.82) is 0 Å². The molecule has 16 heavy (non-hydrogen) atoms. The number of hydrogen-bond acceptors (Lipinski definition) is 4. The van der Waals surface area contributed by atoms with Crippen LogP contribution in [0.15, 0.2) is 24.8 Å². The molecule has 0 radical (unpaired) electrons. The molecule has 2 N–H and O–H groups in total. The van der Waals surface area contributed by atoms with Crippen molar-refractivity contribution in [3.05, 3.63) is 24.8 Å². The zero-order valence-electron chi connectivity index (χ0n) is 8.98. The number of carboxylic acids is 1. The summed E-state index contributed by atoms with van der Waals surface area (Å²) in [6.07, 6.45) is 0.242. The molecule has 5 nitrogen and oxygen atoms in total. The molecule has 0 aliphatic carbocycles. The van der Waals surface area contributed by atoms with Gasteiger partial charge in [0.1, 0.15) is 12.7 Å². The first kappa shape index (κ1) is 17.1. The van der Waals surface area contributed by atoms with Crippen LogP contribution in [0.2, 0.25) is 0 Å². The summed E-state index contributed by atoms with van der Waals surface area (Å²) in [5.41, 5.74) is 0.176. The van der Waals surface area contributed by atoms with Crippen molar-refractivity contribution >= 4 is 23.5 Å². The van der Waals surface area contributed by atoms with Gasteiger partial charge in [-0.3, -0.25) is 0 Å². The van der Waals surface area contributed by atoms with Gasteiger partial charge in [-0.1, -0.05) is 13.2 Å². The molecule has 0 bridgehead atoms. The Hall–Kier alpha value is -1.33. The summed E-state index contributed by atoms with van der Waals surface area (Å²) in [6.45, 7) is 7.70. The zero-order valence-corrected chi connectivity index (χ0v) is 9.74. The fourth-order valence-corrected chi connectivity index (χ4v) is 0.371. The number of carbonyl (C=O) groups is 2. The van der Waals surface area contributed by atoms with Crippen molar-refractivity contribution in [2.45, 2.75) is 13.0 Å². The van der Waals surface area contributed by atoms with Crippen LogP contribution >= 0.6 is 11.6 Å². The van der Waals surface area contributed by atoms with E-state index < -0.39 is 18.0 Å². The number of halogens is 1. The zero-order chi connectivity index (χ0) is 13.1. The second-order valence-electron chi connectivity index (χ2n) is 2.73. The number of ether oxygens (including phenoxy) is 1. The van der Waals surface area contributed by atoms with Gasteiger partial charge in [-0.25, -0.2) is 9.59 Å². The van der Waals surface area contributed by atoms with Gasteiger partial charge >= 0.3 is 11.9 Å². The Morgan fingerprint density at radius 1 is 1.56 bits per heavy atom. The van der Waals surface area contributed by atoms with E-state index in [2.05, 4.69) is 17.9 Å². The predicted octanol–water partition coefficient (Wildman–Crippen LogP) is 0.962. The smallest absolute Gasteiger partial charge is 0.330 e. The van der Waals surface area contributed by atoms with Crippen LogP contribution < -0.4 is 0 Å². The maximum absolute atomic E-state index is 10.3. The van der Waals surface area contributed by atoms with Crippen LogP contribution in [0.1, 0.15) is 6.92 Å². The van der Waals surface area contributed by atoms with E-state index in [0.29, 0.717) is 0 Å². The third-order valence-electron chi connectivity index (χ3n) is 1.13. The van der Waals surface area contributed by atoms with Gasteiger partial charge in [0.2, 0.25) is 0 Å². The minimum Gasteiger partial charge on any atom is -0.478 e. The van der Waals surface area contributed by atoms with Crippen molar-refractivity contribution in [3.63, 3.8) is 0 Å². The Morgan fingerprint density at radius 3 is 2.25 bits per heavy atom. The molecule has 1 unspecified atom stereocenters. The normalized spacial score (nSPS) is 10.4. The van der Waals surface area contributed by atoms with E-state index in [9.17, 15) is 9.59 Å². The van der Waals surface area contributed by atoms with E-state index in [1.54, 1.807) is 0 Å². The van der Waals surface area contributed by atoms with Gasteiger partial charge < -0.3 is 14.9 Å². The highest BCUT2D eigenvalue weighted by atomic mass is 35.5. The highest BCUT2D eigenvalue weighted by Crippen LogP contribution is 1.89. The summed E-state index contributed by atoms with van der Waals surface area (Å²) in [4.78, 5) is 19.9. The molecular formula is C10H15ClO5. The summed E-state index contributed by atoms with van der Waals surface area (Å²) in [5, 5.41) is 16.7. The van der Waals surface area contributed by atoms with Crippen LogP contribution in [-0.4, -0.2) is 40.7 Å². The minimum absolute atomic E-state index is 0.0599. The SMILES string of the molecule is C=C(C)C(=O)O.C=CC(=O)OCC(O)CCl. The topological polar surface area (TPSA) is 83.8 Å². The largest absolute Gasteiger partial charge is 0.478 e. The Kier molecular flexibility index (Phi) is 10.9. The number of alkyl halides is 1. The number of esters is 1. The van der Waals surface area contributed by atoms with Crippen molar-refractivity contribution in [3.8, 4) is 0 Å². The second-order valence-corrected chi connectivity index (χ2v) is 3.04. The average Bonchev–Trinajstić information content (AvgIpc) is 2.25. The van der Waals surface area contributed by atoms with Crippen LogP contribution in [0.5, 0.6) is 0 Å². The molecule has 0 rings (SSSR count). The lowest BCUT2D eigenvalue weighted by Crippen LogP contribution is -2.18. The number of rotatable bonds is 5. The van der Waals surface area contributed by atoms with Crippen molar-refractivity contribution in [2.75, 3.05) is 12.5 Å². The first-order valence-corrected chi connectivity index (χ1v) is 4.80. The average molecular weight is 251 g/mol. The summed E-state index contributed by atoms with van der Waals surface area (Å²) in [7, 11) is 0. The number of aliphatic hydroxyl groups excluding tert-OH is 1. The molecular weight excluding hydrogens is 236 g/mol. The quantitative estimate of drug-likeness (QED) is 0.431. The van der Waals surface area contributed by atoms with E-state index >= 15 is 0 Å². The Bertz CT molecular complexity index is 250. The third-order valence-corrected chi connectivity index (χ3v) is 1.48. The highest BCUT2D eigenvalue weighted by Gasteiger charge is 2.03. The molecule has 0 heterocycles. The van der Waals surface area contributed by atoms with Crippen LogP contribution in [0.4, 0.5) is 0 Å². The molecule has 0 spiro atoms. The predicted molar refractivity (Wildman–Crippen MR) is 60.3 cm³/mol. The van der Waals surface area contributed by atoms with Gasteiger partial charge in [0, 0.05) is 11.6 Å².